The SMILES string of the molecule is CNn1cc(C2=CCNCC2)c2cc(C(=O)c3ccc(F)cc3)ccc21. The normalized spacial score (nSPS) is 14.3. The van der Waals surface area contributed by atoms with E-state index >= 15 is 0 Å². The Balaban J connectivity index is 1.81. The number of ketones is 1. The quantitative estimate of drug-likeness (QED) is 0.708. The lowest BCUT2D eigenvalue weighted by Crippen LogP contribution is -2.20. The van der Waals surface area contributed by atoms with Crippen molar-refractivity contribution in [3.8, 4) is 0 Å². The molecule has 0 fully saturated rings. The number of rotatable bonds is 4. The molecule has 0 aliphatic carbocycles. The first-order valence-electron chi connectivity index (χ1n) is 8.70. The van der Waals surface area contributed by atoms with Crippen LogP contribution in [0.25, 0.3) is 16.5 Å². The van der Waals surface area contributed by atoms with Gasteiger partial charge in [0.15, 0.2) is 5.78 Å². The van der Waals surface area contributed by atoms with E-state index in [1.807, 2.05) is 29.9 Å². The van der Waals surface area contributed by atoms with Crippen LogP contribution in [-0.4, -0.2) is 30.6 Å². The zero-order valence-electron chi connectivity index (χ0n) is 14.6. The predicted molar refractivity (Wildman–Crippen MR) is 103 cm³/mol. The fourth-order valence-corrected chi connectivity index (χ4v) is 3.45. The van der Waals surface area contributed by atoms with Crippen molar-refractivity contribution in [3.63, 3.8) is 0 Å². The molecule has 2 aromatic carbocycles. The molecular formula is C21H20FN3O. The van der Waals surface area contributed by atoms with Crippen molar-refractivity contribution in [1.82, 2.24) is 9.99 Å². The third-order valence-electron chi connectivity index (χ3n) is 4.82. The summed E-state index contributed by atoms with van der Waals surface area (Å²) in [7, 11) is 1.87. The third kappa shape index (κ3) is 2.91. The molecular weight excluding hydrogens is 329 g/mol. The van der Waals surface area contributed by atoms with Gasteiger partial charge >= 0.3 is 0 Å². The highest BCUT2D eigenvalue weighted by Crippen LogP contribution is 2.30. The van der Waals surface area contributed by atoms with Gasteiger partial charge in [0.1, 0.15) is 5.82 Å². The topological polar surface area (TPSA) is 46.1 Å². The van der Waals surface area contributed by atoms with E-state index in [2.05, 4.69) is 23.0 Å². The molecule has 0 saturated carbocycles. The first-order valence-corrected chi connectivity index (χ1v) is 8.70. The fraction of sp³-hybridized carbons (Fsp3) is 0.190. The largest absolute Gasteiger partial charge is 0.329 e. The van der Waals surface area contributed by atoms with Gasteiger partial charge in [-0.15, -0.1) is 0 Å². The maximum absolute atomic E-state index is 13.1. The van der Waals surface area contributed by atoms with Crippen molar-refractivity contribution >= 4 is 22.3 Å². The molecule has 1 aliphatic rings. The van der Waals surface area contributed by atoms with Crippen molar-refractivity contribution in [2.75, 3.05) is 25.6 Å². The first-order chi connectivity index (χ1) is 12.7. The van der Waals surface area contributed by atoms with Gasteiger partial charge in [0, 0.05) is 41.9 Å². The average molecular weight is 349 g/mol. The summed E-state index contributed by atoms with van der Waals surface area (Å²) in [5.41, 5.74) is 7.71. The van der Waals surface area contributed by atoms with Crippen LogP contribution < -0.4 is 10.7 Å². The molecule has 2 heterocycles. The van der Waals surface area contributed by atoms with E-state index in [0.29, 0.717) is 11.1 Å². The van der Waals surface area contributed by atoms with Crippen LogP contribution in [-0.2, 0) is 0 Å². The standard InChI is InChI=1S/C21H20FN3O/c1-23-25-13-19(14-8-10-24-11-9-14)18-12-16(4-7-20(18)25)21(26)15-2-5-17(22)6-3-15/h2-8,12-13,23-24H,9-11H2,1H3. The Hall–Kier alpha value is -2.92. The molecule has 0 bridgehead atoms. The molecule has 4 nitrogen and oxygen atoms in total. The minimum atomic E-state index is -0.344. The summed E-state index contributed by atoms with van der Waals surface area (Å²) in [4.78, 5) is 12.8. The van der Waals surface area contributed by atoms with E-state index in [1.54, 1.807) is 0 Å². The van der Waals surface area contributed by atoms with E-state index in [9.17, 15) is 9.18 Å². The zero-order chi connectivity index (χ0) is 18.1. The van der Waals surface area contributed by atoms with Gasteiger partial charge in [-0.3, -0.25) is 9.47 Å². The number of nitrogens with one attached hydrogen (secondary N) is 2. The second kappa shape index (κ2) is 6.77. The molecule has 3 aromatic rings. The summed E-state index contributed by atoms with van der Waals surface area (Å²) >= 11 is 0. The van der Waals surface area contributed by atoms with Crippen LogP contribution in [0.2, 0.25) is 0 Å². The van der Waals surface area contributed by atoms with E-state index in [-0.39, 0.29) is 11.6 Å². The number of carbonyl (C=O) groups excluding carboxylic acids is 1. The van der Waals surface area contributed by atoms with Crippen molar-refractivity contribution in [2.45, 2.75) is 6.42 Å². The van der Waals surface area contributed by atoms with E-state index in [1.165, 1.54) is 29.8 Å². The van der Waals surface area contributed by atoms with Crippen LogP contribution in [0, 0.1) is 5.82 Å². The maximum atomic E-state index is 13.1. The third-order valence-corrected chi connectivity index (χ3v) is 4.82. The summed E-state index contributed by atoms with van der Waals surface area (Å²) in [5, 5.41) is 4.37. The summed E-state index contributed by atoms with van der Waals surface area (Å²) in [5.74, 6) is -0.447. The Morgan fingerprint density at radius 3 is 2.62 bits per heavy atom. The van der Waals surface area contributed by atoms with Crippen molar-refractivity contribution < 1.29 is 9.18 Å². The lowest BCUT2D eigenvalue weighted by atomic mass is 9.96. The maximum Gasteiger partial charge on any atom is 0.193 e. The minimum Gasteiger partial charge on any atom is -0.329 e. The number of hydrogen-bond donors (Lipinski definition) is 2. The van der Waals surface area contributed by atoms with E-state index in [4.69, 9.17) is 0 Å². The molecule has 4 rings (SSSR count). The Kier molecular flexibility index (Phi) is 4.31. The van der Waals surface area contributed by atoms with Crippen LogP contribution >= 0.6 is 0 Å². The second-order valence-corrected chi connectivity index (χ2v) is 6.39. The number of carbonyl (C=O) groups is 1. The second-order valence-electron chi connectivity index (χ2n) is 6.39. The van der Waals surface area contributed by atoms with Gasteiger partial charge in [-0.25, -0.2) is 4.39 Å². The van der Waals surface area contributed by atoms with E-state index in [0.717, 1.165) is 36.0 Å². The molecule has 0 unspecified atom stereocenters. The number of nitrogens with zero attached hydrogens (tertiary/aromatic N) is 1. The summed E-state index contributed by atoms with van der Waals surface area (Å²) < 4.78 is 15.1. The molecule has 0 spiro atoms. The van der Waals surface area contributed by atoms with Crippen LogP contribution in [0.15, 0.2) is 54.7 Å². The first kappa shape index (κ1) is 16.5. The van der Waals surface area contributed by atoms with Crippen LogP contribution in [0.4, 0.5) is 4.39 Å². The number of halogens is 1. The molecule has 0 atom stereocenters. The number of benzene rings is 2. The highest BCUT2D eigenvalue weighted by Gasteiger charge is 2.16. The van der Waals surface area contributed by atoms with Crippen molar-refractivity contribution in [2.24, 2.45) is 0 Å². The van der Waals surface area contributed by atoms with Crippen LogP contribution in [0.1, 0.15) is 27.9 Å². The fourth-order valence-electron chi connectivity index (χ4n) is 3.45. The lowest BCUT2D eigenvalue weighted by Gasteiger charge is -2.13. The van der Waals surface area contributed by atoms with Gasteiger partial charge in [0.05, 0.1) is 5.52 Å². The van der Waals surface area contributed by atoms with Gasteiger partial charge in [0.2, 0.25) is 0 Å². The number of hydrogen-bond acceptors (Lipinski definition) is 3. The average Bonchev–Trinajstić information content (AvgIpc) is 3.06. The summed E-state index contributed by atoms with van der Waals surface area (Å²) in [6, 6.07) is 11.4. The molecule has 132 valence electrons. The van der Waals surface area contributed by atoms with Gasteiger partial charge in [-0.2, -0.15) is 0 Å². The van der Waals surface area contributed by atoms with E-state index < -0.39 is 0 Å². The summed E-state index contributed by atoms with van der Waals surface area (Å²) in [6.07, 6.45) is 5.24. The summed E-state index contributed by atoms with van der Waals surface area (Å²) in [6.45, 7) is 1.81. The predicted octanol–water partition coefficient (Wildman–Crippen LogP) is 3.56. The van der Waals surface area contributed by atoms with Crippen molar-refractivity contribution in [1.29, 1.82) is 0 Å². The Morgan fingerprint density at radius 1 is 1.15 bits per heavy atom. The molecule has 0 saturated heterocycles. The lowest BCUT2D eigenvalue weighted by molar-refractivity contribution is 0.103. The molecule has 0 amide bonds. The van der Waals surface area contributed by atoms with Crippen LogP contribution in [0.3, 0.4) is 0 Å². The molecule has 5 heteroatoms. The number of aromatic nitrogens is 1. The highest BCUT2D eigenvalue weighted by atomic mass is 19.1. The van der Waals surface area contributed by atoms with Crippen LogP contribution in [0.5, 0.6) is 0 Å². The Morgan fingerprint density at radius 2 is 1.92 bits per heavy atom. The molecule has 1 aliphatic heterocycles. The van der Waals surface area contributed by atoms with Gasteiger partial charge in [-0.1, -0.05) is 6.08 Å². The van der Waals surface area contributed by atoms with Gasteiger partial charge in [0.25, 0.3) is 0 Å². The molecule has 1 aromatic heterocycles. The minimum absolute atomic E-state index is 0.102. The molecule has 26 heavy (non-hydrogen) atoms. The number of fused-ring (bicyclic) bond motifs is 1. The molecule has 2 N–H and O–H groups in total. The van der Waals surface area contributed by atoms with Gasteiger partial charge < -0.3 is 10.7 Å². The zero-order valence-corrected chi connectivity index (χ0v) is 14.6. The van der Waals surface area contributed by atoms with Crippen molar-refractivity contribution in [3.05, 3.63) is 77.2 Å². The molecule has 0 radical (unpaired) electrons. The Labute approximate surface area is 151 Å². The highest BCUT2D eigenvalue weighted by molar-refractivity contribution is 6.11. The Bertz CT molecular complexity index is 1000. The monoisotopic (exact) mass is 349 g/mol. The van der Waals surface area contributed by atoms with Gasteiger partial charge in [-0.05, 0) is 61.0 Å². The smallest absolute Gasteiger partial charge is 0.193 e.